The van der Waals surface area contributed by atoms with Gasteiger partial charge in [0.05, 0.1) is 18.1 Å². The summed E-state index contributed by atoms with van der Waals surface area (Å²) in [7, 11) is 0. The highest BCUT2D eigenvalue weighted by atomic mass is 16.5. The lowest BCUT2D eigenvalue weighted by Gasteiger charge is -2.28. The van der Waals surface area contributed by atoms with E-state index in [1.165, 1.54) is 0 Å². The third-order valence-electron chi connectivity index (χ3n) is 5.85. The predicted octanol–water partition coefficient (Wildman–Crippen LogP) is 5.49. The molecule has 3 rings (SSSR count). The van der Waals surface area contributed by atoms with Gasteiger partial charge in [-0.15, -0.1) is 0 Å². The van der Waals surface area contributed by atoms with E-state index < -0.39 is 11.4 Å². The van der Waals surface area contributed by atoms with Crippen LogP contribution in [-0.4, -0.2) is 24.6 Å². The Balaban J connectivity index is 1.89. The van der Waals surface area contributed by atoms with E-state index in [2.05, 4.69) is 5.32 Å². The average Bonchev–Trinajstić information content (AvgIpc) is 3.27. The maximum Gasteiger partial charge on any atom is 0.341 e. The Morgan fingerprint density at radius 1 is 1.07 bits per heavy atom. The summed E-state index contributed by atoms with van der Waals surface area (Å²) in [5, 5.41) is 3.05. The van der Waals surface area contributed by atoms with Crippen LogP contribution in [0.15, 0.2) is 48.5 Å². The van der Waals surface area contributed by atoms with Gasteiger partial charge in [0.25, 0.3) is 0 Å². The van der Waals surface area contributed by atoms with Crippen LogP contribution in [0.4, 0.5) is 5.69 Å². The molecular formula is C25H31NO4. The van der Waals surface area contributed by atoms with E-state index in [9.17, 15) is 9.59 Å². The summed E-state index contributed by atoms with van der Waals surface area (Å²) in [6.45, 7) is 6.01. The maximum atomic E-state index is 13.4. The molecule has 1 saturated carbocycles. The summed E-state index contributed by atoms with van der Waals surface area (Å²) in [5.74, 6) is -0.0124. The Hall–Kier alpha value is -2.82. The van der Waals surface area contributed by atoms with Crippen LogP contribution in [0.5, 0.6) is 5.75 Å². The number of anilines is 1. The van der Waals surface area contributed by atoms with Gasteiger partial charge in [-0.1, -0.05) is 50.1 Å². The van der Waals surface area contributed by atoms with Crippen molar-refractivity contribution in [2.24, 2.45) is 0 Å². The lowest BCUT2D eigenvalue weighted by molar-refractivity contribution is -0.121. The number of ether oxygens (including phenoxy) is 2. The highest BCUT2D eigenvalue weighted by Gasteiger charge is 2.42. The fourth-order valence-electron chi connectivity index (χ4n) is 4.01. The zero-order valence-corrected chi connectivity index (χ0v) is 18.1. The van der Waals surface area contributed by atoms with E-state index in [0.717, 1.165) is 37.7 Å². The SMILES string of the molecule is CCOC(=O)c1cc(NC(=O)C2(c3ccccc3)CCCC2)ccc1O[C@H](C)CC. The molecule has 2 aromatic carbocycles. The molecule has 5 heteroatoms. The smallest absolute Gasteiger partial charge is 0.341 e. The van der Waals surface area contributed by atoms with Gasteiger partial charge in [-0.25, -0.2) is 4.79 Å². The summed E-state index contributed by atoms with van der Waals surface area (Å²) < 4.78 is 11.1. The second-order valence-corrected chi connectivity index (χ2v) is 7.88. The van der Waals surface area contributed by atoms with Gasteiger partial charge in [0.2, 0.25) is 5.91 Å². The van der Waals surface area contributed by atoms with Crippen molar-refractivity contribution in [3.8, 4) is 5.75 Å². The van der Waals surface area contributed by atoms with Crippen LogP contribution in [0.2, 0.25) is 0 Å². The van der Waals surface area contributed by atoms with Gasteiger partial charge in [0, 0.05) is 5.69 Å². The number of esters is 1. The molecule has 30 heavy (non-hydrogen) atoms. The highest BCUT2D eigenvalue weighted by Crippen LogP contribution is 2.42. The summed E-state index contributed by atoms with van der Waals surface area (Å²) in [6, 6.07) is 15.1. The van der Waals surface area contributed by atoms with E-state index in [4.69, 9.17) is 9.47 Å². The first-order chi connectivity index (χ1) is 14.5. The van der Waals surface area contributed by atoms with Crippen LogP contribution in [-0.2, 0) is 14.9 Å². The van der Waals surface area contributed by atoms with E-state index in [0.29, 0.717) is 17.0 Å². The molecule has 0 spiro atoms. The summed E-state index contributed by atoms with van der Waals surface area (Å²) >= 11 is 0. The van der Waals surface area contributed by atoms with Gasteiger partial charge in [0.15, 0.2) is 0 Å². The van der Waals surface area contributed by atoms with Crippen LogP contribution >= 0.6 is 0 Å². The van der Waals surface area contributed by atoms with E-state index in [1.54, 1.807) is 25.1 Å². The largest absolute Gasteiger partial charge is 0.490 e. The highest BCUT2D eigenvalue weighted by molar-refractivity contribution is 6.01. The summed E-state index contributed by atoms with van der Waals surface area (Å²) in [5.41, 5.74) is 1.41. The molecule has 0 unspecified atom stereocenters. The Labute approximate surface area is 178 Å². The molecule has 160 valence electrons. The fraction of sp³-hybridized carbons (Fsp3) is 0.440. The lowest BCUT2D eigenvalue weighted by Crippen LogP contribution is -2.38. The molecule has 0 aromatic heterocycles. The molecule has 1 amide bonds. The number of amides is 1. The molecule has 0 radical (unpaired) electrons. The predicted molar refractivity (Wildman–Crippen MR) is 118 cm³/mol. The van der Waals surface area contributed by atoms with Crippen molar-refractivity contribution in [2.75, 3.05) is 11.9 Å². The van der Waals surface area contributed by atoms with Crippen LogP contribution in [0.25, 0.3) is 0 Å². The summed E-state index contributed by atoms with van der Waals surface area (Å²) in [4.78, 5) is 25.9. The van der Waals surface area contributed by atoms with Crippen molar-refractivity contribution in [1.29, 1.82) is 0 Å². The van der Waals surface area contributed by atoms with Crippen molar-refractivity contribution in [3.05, 3.63) is 59.7 Å². The molecule has 1 atom stereocenters. The first-order valence-corrected chi connectivity index (χ1v) is 10.8. The first kappa shape index (κ1) is 21.9. The van der Waals surface area contributed by atoms with Crippen molar-refractivity contribution < 1.29 is 19.1 Å². The van der Waals surface area contributed by atoms with Gasteiger partial charge in [-0.2, -0.15) is 0 Å². The van der Waals surface area contributed by atoms with Crippen molar-refractivity contribution in [1.82, 2.24) is 0 Å². The number of hydrogen-bond donors (Lipinski definition) is 1. The second kappa shape index (κ2) is 9.79. The van der Waals surface area contributed by atoms with E-state index >= 15 is 0 Å². The number of rotatable bonds is 8. The van der Waals surface area contributed by atoms with Crippen LogP contribution in [0.1, 0.15) is 68.8 Å². The molecule has 2 aromatic rings. The Kier molecular flexibility index (Phi) is 7.14. The Morgan fingerprint density at radius 2 is 1.77 bits per heavy atom. The molecule has 0 saturated heterocycles. The minimum Gasteiger partial charge on any atom is -0.490 e. The lowest BCUT2D eigenvalue weighted by atomic mass is 9.78. The monoisotopic (exact) mass is 409 g/mol. The third-order valence-corrected chi connectivity index (χ3v) is 5.85. The van der Waals surface area contributed by atoms with Crippen LogP contribution in [0.3, 0.4) is 0 Å². The minimum absolute atomic E-state index is 0.0292. The molecule has 1 aliphatic rings. The zero-order valence-electron chi connectivity index (χ0n) is 18.1. The average molecular weight is 410 g/mol. The van der Waals surface area contributed by atoms with Gasteiger partial charge in [-0.05, 0) is 56.9 Å². The molecule has 5 nitrogen and oxygen atoms in total. The van der Waals surface area contributed by atoms with E-state index in [1.807, 2.05) is 44.2 Å². The van der Waals surface area contributed by atoms with Crippen molar-refractivity contribution in [2.45, 2.75) is 64.4 Å². The molecule has 1 aliphatic carbocycles. The molecule has 0 bridgehead atoms. The van der Waals surface area contributed by atoms with E-state index in [-0.39, 0.29) is 18.6 Å². The molecule has 1 N–H and O–H groups in total. The molecular weight excluding hydrogens is 378 g/mol. The van der Waals surface area contributed by atoms with Gasteiger partial charge < -0.3 is 14.8 Å². The van der Waals surface area contributed by atoms with Crippen molar-refractivity contribution >= 4 is 17.6 Å². The van der Waals surface area contributed by atoms with Gasteiger partial charge in [0.1, 0.15) is 11.3 Å². The molecule has 0 aliphatic heterocycles. The molecule has 0 heterocycles. The van der Waals surface area contributed by atoms with Gasteiger partial charge >= 0.3 is 5.97 Å². The Bertz CT molecular complexity index is 872. The number of carbonyl (C=O) groups excluding carboxylic acids is 2. The zero-order chi connectivity index (χ0) is 21.6. The summed E-state index contributed by atoms with van der Waals surface area (Å²) in [6.07, 6.45) is 4.49. The van der Waals surface area contributed by atoms with Crippen molar-refractivity contribution in [3.63, 3.8) is 0 Å². The maximum absolute atomic E-state index is 13.4. The Morgan fingerprint density at radius 3 is 2.40 bits per heavy atom. The first-order valence-electron chi connectivity index (χ1n) is 10.8. The topological polar surface area (TPSA) is 64.6 Å². The number of nitrogens with one attached hydrogen (secondary N) is 1. The third kappa shape index (κ3) is 4.66. The number of benzene rings is 2. The van der Waals surface area contributed by atoms with Crippen LogP contribution < -0.4 is 10.1 Å². The minimum atomic E-state index is -0.531. The number of carbonyl (C=O) groups is 2. The number of hydrogen-bond acceptors (Lipinski definition) is 4. The fourth-order valence-corrected chi connectivity index (χ4v) is 4.01. The second-order valence-electron chi connectivity index (χ2n) is 7.88. The van der Waals surface area contributed by atoms with Gasteiger partial charge in [-0.3, -0.25) is 4.79 Å². The molecule has 1 fully saturated rings. The standard InChI is InChI=1S/C25H31NO4/c1-4-18(3)30-22-14-13-20(17-21(22)23(27)29-5-2)26-24(28)25(15-9-10-16-25)19-11-7-6-8-12-19/h6-8,11-14,17-18H,4-5,9-10,15-16H2,1-3H3,(H,26,28)/t18-/m1/s1. The van der Waals surface area contributed by atoms with Crippen LogP contribution in [0, 0.1) is 0 Å². The quantitative estimate of drug-likeness (QED) is 0.586. The normalized spacial score (nSPS) is 16.0.